The smallest absolute Gasteiger partial charge is 0.338 e. The van der Waals surface area contributed by atoms with Gasteiger partial charge in [-0.25, -0.2) is 4.79 Å². The van der Waals surface area contributed by atoms with Crippen LogP contribution in [-0.4, -0.2) is 40.6 Å². The summed E-state index contributed by atoms with van der Waals surface area (Å²) in [5, 5.41) is 0. The number of carbonyl (C=O) groups is 1. The van der Waals surface area contributed by atoms with E-state index in [2.05, 4.69) is 0 Å². The third-order valence-electron chi connectivity index (χ3n) is 5.02. The van der Waals surface area contributed by atoms with E-state index in [1.165, 1.54) is 0 Å². The monoisotopic (exact) mass is 334 g/mol. The van der Waals surface area contributed by atoms with Crippen molar-refractivity contribution >= 4 is 17.7 Å². The SMILES string of the molecule is CC1(C)O[C@H]2CS[C@]3(CCC[C@H]3OC(=O)c3ccccc3)[C@H]2O1. The van der Waals surface area contributed by atoms with Crippen molar-refractivity contribution in [2.75, 3.05) is 5.75 Å². The van der Waals surface area contributed by atoms with Gasteiger partial charge in [-0.2, -0.15) is 0 Å². The van der Waals surface area contributed by atoms with Crippen molar-refractivity contribution in [2.24, 2.45) is 0 Å². The lowest BCUT2D eigenvalue weighted by molar-refractivity contribution is -0.151. The van der Waals surface area contributed by atoms with Crippen molar-refractivity contribution in [3.05, 3.63) is 35.9 Å². The van der Waals surface area contributed by atoms with Gasteiger partial charge in [0.25, 0.3) is 0 Å². The van der Waals surface area contributed by atoms with Crippen LogP contribution < -0.4 is 0 Å². The van der Waals surface area contributed by atoms with Crippen LogP contribution in [0.25, 0.3) is 0 Å². The van der Waals surface area contributed by atoms with Crippen molar-refractivity contribution in [2.45, 2.75) is 62.0 Å². The Morgan fingerprint density at radius 2 is 2.04 bits per heavy atom. The summed E-state index contributed by atoms with van der Waals surface area (Å²) in [4.78, 5) is 12.5. The maximum atomic E-state index is 12.5. The van der Waals surface area contributed by atoms with E-state index in [1.54, 1.807) is 12.1 Å². The summed E-state index contributed by atoms with van der Waals surface area (Å²) in [6.45, 7) is 3.92. The van der Waals surface area contributed by atoms with E-state index in [9.17, 15) is 4.79 Å². The number of benzene rings is 1. The number of ether oxygens (including phenoxy) is 3. The molecule has 0 aromatic heterocycles. The fourth-order valence-corrected chi connectivity index (χ4v) is 5.80. The Balaban J connectivity index is 1.54. The Bertz CT molecular complexity index is 602. The van der Waals surface area contributed by atoms with Crippen molar-refractivity contribution in [3.63, 3.8) is 0 Å². The average Bonchev–Trinajstić information content (AvgIpc) is 3.16. The van der Waals surface area contributed by atoms with Crippen molar-refractivity contribution in [1.82, 2.24) is 0 Å². The zero-order chi connectivity index (χ0) is 16.1. The molecule has 2 heterocycles. The molecule has 0 radical (unpaired) electrons. The van der Waals surface area contributed by atoms with E-state index in [0.29, 0.717) is 5.56 Å². The molecule has 23 heavy (non-hydrogen) atoms. The van der Waals surface area contributed by atoms with Crippen LogP contribution in [-0.2, 0) is 14.2 Å². The molecule has 2 saturated heterocycles. The van der Waals surface area contributed by atoms with Gasteiger partial charge in [0.05, 0.1) is 16.4 Å². The molecule has 1 aromatic carbocycles. The van der Waals surface area contributed by atoms with Crippen LogP contribution in [0.4, 0.5) is 0 Å². The van der Waals surface area contributed by atoms with Crippen LogP contribution in [0.1, 0.15) is 43.5 Å². The minimum Gasteiger partial charge on any atom is -0.457 e. The summed E-state index contributed by atoms with van der Waals surface area (Å²) >= 11 is 1.86. The van der Waals surface area contributed by atoms with Crippen LogP contribution in [0.5, 0.6) is 0 Å². The van der Waals surface area contributed by atoms with Crippen LogP contribution >= 0.6 is 11.8 Å². The molecule has 1 spiro atoms. The summed E-state index contributed by atoms with van der Waals surface area (Å²) in [7, 11) is 0. The Hall–Kier alpha value is -1.04. The normalized spacial score (nSPS) is 37.9. The second-order valence-electron chi connectivity index (χ2n) is 7.01. The molecular weight excluding hydrogens is 312 g/mol. The van der Waals surface area contributed by atoms with E-state index in [4.69, 9.17) is 14.2 Å². The fraction of sp³-hybridized carbons (Fsp3) is 0.611. The third-order valence-corrected chi connectivity index (χ3v) is 6.75. The van der Waals surface area contributed by atoms with Gasteiger partial charge in [0.2, 0.25) is 0 Å². The van der Waals surface area contributed by atoms with E-state index in [1.807, 2.05) is 43.8 Å². The van der Waals surface area contributed by atoms with Gasteiger partial charge in [0.1, 0.15) is 12.2 Å². The maximum absolute atomic E-state index is 12.5. The quantitative estimate of drug-likeness (QED) is 0.776. The van der Waals surface area contributed by atoms with E-state index < -0.39 is 5.79 Å². The Morgan fingerprint density at radius 3 is 2.83 bits per heavy atom. The molecule has 0 N–H and O–H groups in total. The molecule has 4 rings (SSSR count). The third kappa shape index (κ3) is 2.59. The fourth-order valence-electron chi connectivity index (χ4n) is 4.08. The van der Waals surface area contributed by atoms with Crippen molar-refractivity contribution < 1.29 is 19.0 Å². The highest BCUT2D eigenvalue weighted by Gasteiger charge is 2.63. The van der Waals surface area contributed by atoms with Crippen LogP contribution in [0.2, 0.25) is 0 Å². The summed E-state index contributed by atoms with van der Waals surface area (Å²) in [5.41, 5.74) is 0.609. The van der Waals surface area contributed by atoms with Gasteiger partial charge >= 0.3 is 5.97 Å². The van der Waals surface area contributed by atoms with Gasteiger partial charge in [-0.15, -0.1) is 11.8 Å². The Morgan fingerprint density at radius 1 is 1.26 bits per heavy atom. The second-order valence-corrected chi connectivity index (χ2v) is 8.39. The summed E-state index contributed by atoms with van der Waals surface area (Å²) in [6.07, 6.45) is 2.99. The molecule has 0 bridgehead atoms. The van der Waals surface area contributed by atoms with E-state index >= 15 is 0 Å². The summed E-state index contributed by atoms with van der Waals surface area (Å²) < 4.78 is 18.0. The predicted molar refractivity (Wildman–Crippen MR) is 88.5 cm³/mol. The number of hydrogen-bond acceptors (Lipinski definition) is 5. The molecule has 1 aliphatic carbocycles. The first-order valence-electron chi connectivity index (χ1n) is 8.26. The van der Waals surface area contributed by atoms with Gasteiger partial charge in [0, 0.05) is 5.75 Å². The second kappa shape index (κ2) is 5.50. The summed E-state index contributed by atoms with van der Waals surface area (Å²) in [5.74, 6) is 0.131. The molecule has 4 nitrogen and oxygen atoms in total. The number of fused-ring (bicyclic) bond motifs is 2. The standard InChI is InChI=1S/C18H22O4S/c1-17(2)21-13-11-23-18(15(13)22-17)10-6-9-14(18)20-16(19)12-7-4-3-5-8-12/h3-5,7-8,13-15H,6,9-11H2,1-2H3/t13-,14+,15-,18-/m0/s1. The lowest BCUT2D eigenvalue weighted by Crippen LogP contribution is -2.47. The number of thioether (sulfide) groups is 1. The molecule has 0 amide bonds. The van der Waals surface area contributed by atoms with Crippen LogP contribution in [0.15, 0.2) is 30.3 Å². The Labute approximate surface area is 140 Å². The van der Waals surface area contributed by atoms with Crippen molar-refractivity contribution in [3.8, 4) is 0 Å². The Kier molecular flexibility index (Phi) is 3.70. The summed E-state index contributed by atoms with van der Waals surface area (Å²) in [6, 6.07) is 9.21. The molecule has 3 fully saturated rings. The molecule has 5 heteroatoms. The molecule has 124 valence electrons. The first kappa shape index (κ1) is 15.5. The maximum Gasteiger partial charge on any atom is 0.338 e. The highest BCUT2D eigenvalue weighted by molar-refractivity contribution is 8.01. The lowest BCUT2D eigenvalue weighted by Gasteiger charge is -2.35. The molecule has 2 aliphatic heterocycles. The zero-order valence-corrected chi connectivity index (χ0v) is 14.3. The molecule has 0 unspecified atom stereocenters. The molecule has 3 aliphatic rings. The first-order chi connectivity index (χ1) is 11.0. The average molecular weight is 334 g/mol. The minimum absolute atomic E-state index is 0.0126. The van der Waals surface area contributed by atoms with Gasteiger partial charge in [0.15, 0.2) is 5.79 Å². The highest BCUT2D eigenvalue weighted by Crippen LogP contribution is 2.56. The first-order valence-corrected chi connectivity index (χ1v) is 9.24. The van der Waals surface area contributed by atoms with Crippen molar-refractivity contribution in [1.29, 1.82) is 0 Å². The molecular formula is C18H22O4S. The van der Waals surface area contributed by atoms with E-state index in [-0.39, 0.29) is 29.0 Å². The van der Waals surface area contributed by atoms with Gasteiger partial charge < -0.3 is 14.2 Å². The lowest BCUT2D eigenvalue weighted by atomic mass is 9.94. The van der Waals surface area contributed by atoms with Crippen LogP contribution in [0, 0.1) is 0 Å². The van der Waals surface area contributed by atoms with E-state index in [0.717, 1.165) is 25.0 Å². The van der Waals surface area contributed by atoms with Gasteiger partial charge in [-0.3, -0.25) is 0 Å². The highest BCUT2D eigenvalue weighted by atomic mass is 32.2. The number of carbonyl (C=O) groups excluding carboxylic acids is 1. The number of esters is 1. The molecule has 1 saturated carbocycles. The number of hydrogen-bond donors (Lipinski definition) is 0. The predicted octanol–water partition coefficient (Wildman–Crippen LogP) is 3.40. The van der Waals surface area contributed by atoms with Gasteiger partial charge in [-0.1, -0.05) is 18.2 Å². The largest absolute Gasteiger partial charge is 0.457 e. The topological polar surface area (TPSA) is 44.8 Å². The molecule has 4 atom stereocenters. The minimum atomic E-state index is -0.542. The van der Waals surface area contributed by atoms with Gasteiger partial charge in [-0.05, 0) is 45.2 Å². The molecule has 1 aromatic rings. The van der Waals surface area contributed by atoms with Crippen LogP contribution in [0.3, 0.4) is 0 Å². The number of rotatable bonds is 2. The zero-order valence-electron chi connectivity index (χ0n) is 13.5.